The Kier molecular flexibility index (Phi) is 4.61. The zero-order chi connectivity index (χ0) is 16.4. The number of phenolic OH excluding ortho intramolecular Hbond substituents is 1. The number of hydrogen-bond acceptors (Lipinski definition) is 4. The second kappa shape index (κ2) is 6.66. The molecule has 4 nitrogen and oxygen atoms in total. The van der Waals surface area contributed by atoms with Gasteiger partial charge in [0.05, 0.1) is 20.6 Å². The number of benzene rings is 2. The van der Waals surface area contributed by atoms with E-state index in [1.807, 2.05) is 0 Å². The molecule has 116 valence electrons. The Balaban J connectivity index is 1.84. The molecule has 3 rings (SSSR count). The minimum absolute atomic E-state index is 0.146. The van der Waals surface area contributed by atoms with Gasteiger partial charge in [-0.3, -0.25) is 4.79 Å². The summed E-state index contributed by atoms with van der Waals surface area (Å²) in [4.78, 5) is 16.8. The lowest BCUT2D eigenvalue weighted by atomic mass is 10.2. The molecule has 1 aliphatic heterocycles. The number of nitrogens with one attached hydrogen (secondary N) is 1. The quantitative estimate of drug-likeness (QED) is 0.766. The van der Waals surface area contributed by atoms with Crippen LogP contribution in [0.2, 0.25) is 10.0 Å². The van der Waals surface area contributed by atoms with E-state index in [2.05, 4.69) is 10.3 Å². The number of carbonyl (C=O) groups excluding carboxylic acids is 1. The van der Waals surface area contributed by atoms with Gasteiger partial charge in [-0.25, -0.2) is 4.99 Å². The standard InChI is InChI=1S/C16H10Cl2N2O2S/c17-12-5-4-10(8-13(12)18)19-16-20-15(22)14(23-16)7-9-2-1-3-11(21)6-9/h1-8,21H,(H,19,20,22)/b14-7+. The highest BCUT2D eigenvalue weighted by Gasteiger charge is 2.23. The number of thioether (sulfide) groups is 1. The van der Waals surface area contributed by atoms with Crippen LogP contribution >= 0.6 is 35.0 Å². The summed E-state index contributed by atoms with van der Waals surface area (Å²) in [6.07, 6.45) is 1.69. The van der Waals surface area contributed by atoms with Crippen molar-refractivity contribution in [1.29, 1.82) is 0 Å². The van der Waals surface area contributed by atoms with E-state index in [-0.39, 0.29) is 11.7 Å². The maximum atomic E-state index is 12.0. The molecule has 0 aromatic heterocycles. The zero-order valence-corrected chi connectivity index (χ0v) is 13.9. The molecule has 2 aromatic rings. The maximum Gasteiger partial charge on any atom is 0.264 e. The second-order valence-electron chi connectivity index (χ2n) is 4.68. The van der Waals surface area contributed by atoms with Crippen LogP contribution < -0.4 is 5.32 Å². The summed E-state index contributed by atoms with van der Waals surface area (Å²) in [5, 5.41) is 13.5. The van der Waals surface area contributed by atoms with Crippen LogP contribution in [0.1, 0.15) is 5.56 Å². The number of rotatable bonds is 2. The summed E-state index contributed by atoms with van der Waals surface area (Å²) >= 11 is 13.0. The molecule has 1 heterocycles. The number of halogens is 2. The highest BCUT2D eigenvalue weighted by molar-refractivity contribution is 8.18. The fourth-order valence-corrected chi connectivity index (χ4v) is 3.05. The minimum Gasteiger partial charge on any atom is -0.508 e. The number of aromatic hydroxyl groups is 1. The largest absolute Gasteiger partial charge is 0.508 e. The van der Waals surface area contributed by atoms with Crippen LogP contribution in [-0.2, 0) is 4.79 Å². The highest BCUT2D eigenvalue weighted by atomic mass is 35.5. The van der Waals surface area contributed by atoms with Crippen molar-refractivity contribution in [1.82, 2.24) is 5.32 Å². The van der Waals surface area contributed by atoms with Gasteiger partial charge in [0.15, 0.2) is 5.17 Å². The lowest BCUT2D eigenvalue weighted by molar-refractivity contribution is -0.115. The van der Waals surface area contributed by atoms with Crippen molar-refractivity contribution in [2.24, 2.45) is 4.99 Å². The van der Waals surface area contributed by atoms with E-state index in [1.54, 1.807) is 48.5 Å². The molecule has 2 N–H and O–H groups in total. The predicted molar refractivity (Wildman–Crippen MR) is 95.4 cm³/mol. The van der Waals surface area contributed by atoms with Gasteiger partial charge in [-0.05, 0) is 53.7 Å². The third-order valence-corrected chi connectivity index (χ3v) is 4.60. The first-order valence-electron chi connectivity index (χ1n) is 6.55. The van der Waals surface area contributed by atoms with Crippen molar-refractivity contribution in [3.8, 4) is 5.75 Å². The van der Waals surface area contributed by atoms with Crippen molar-refractivity contribution in [2.45, 2.75) is 0 Å². The SMILES string of the molecule is O=C1NC(=Nc2ccc(Cl)c(Cl)c2)S/C1=C/c1cccc(O)c1. The van der Waals surface area contributed by atoms with E-state index in [4.69, 9.17) is 23.2 Å². The van der Waals surface area contributed by atoms with Crippen LogP contribution in [0.25, 0.3) is 6.08 Å². The van der Waals surface area contributed by atoms with Gasteiger partial charge in [0.25, 0.3) is 5.91 Å². The molecule has 1 amide bonds. The summed E-state index contributed by atoms with van der Waals surface area (Å²) in [5.74, 6) is -0.0930. The first-order chi connectivity index (χ1) is 11.0. The van der Waals surface area contributed by atoms with Crippen molar-refractivity contribution < 1.29 is 9.90 Å². The maximum absolute atomic E-state index is 12.0. The average Bonchev–Trinajstić information content (AvgIpc) is 2.83. The van der Waals surface area contributed by atoms with E-state index in [9.17, 15) is 9.90 Å². The van der Waals surface area contributed by atoms with Crippen LogP contribution in [0.15, 0.2) is 52.4 Å². The lowest BCUT2D eigenvalue weighted by Crippen LogP contribution is -2.19. The van der Waals surface area contributed by atoms with E-state index in [0.29, 0.717) is 25.8 Å². The average molecular weight is 365 g/mol. The zero-order valence-electron chi connectivity index (χ0n) is 11.6. The van der Waals surface area contributed by atoms with Crippen LogP contribution in [0.3, 0.4) is 0 Å². The van der Waals surface area contributed by atoms with Gasteiger partial charge in [-0.15, -0.1) is 0 Å². The van der Waals surface area contributed by atoms with E-state index < -0.39 is 0 Å². The molecule has 0 atom stereocenters. The molecular weight excluding hydrogens is 355 g/mol. The molecule has 0 spiro atoms. The summed E-state index contributed by atoms with van der Waals surface area (Å²) in [6, 6.07) is 11.6. The summed E-state index contributed by atoms with van der Waals surface area (Å²) < 4.78 is 0. The smallest absolute Gasteiger partial charge is 0.264 e. The van der Waals surface area contributed by atoms with E-state index in [1.165, 1.54) is 11.8 Å². The molecular formula is C16H10Cl2N2O2S. The molecule has 1 saturated heterocycles. The third-order valence-electron chi connectivity index (χ3n) is 2.95. The van der Waals surface area contributed by atoms with E-state index in [0.717, 1.165) is 5.56 Å². The molecule has 1 fully saturated rings. The number of amidine groups is 1. The number of amides is 1. The van der Waals surface area contributed by atoms with Crippen LogP contribution in [0.5, 0.6) is 5.75 Å². The molecule has 0 radical (unpaired) electrons. The Morgan fingerprint density at radius 1 is 1.13 bits per heavy atom. The van der Waals surface area contributed by atoms with Gasteiger partial charge in [0, 0.05) is 0 Å². The molecule has 7 heteroatoms. The number of nitrogens with zero attached hydrogens (tertiary/aromatic N) is 1. The summed E-state index contributed by atoms with van der Waals surface area (Å²) in [7, 11) is 0. The Morgan fingerprint density at radius 2 is 1.96 bits per heavy atom. The second-order valence-corrected chi connectivity index (χ2v) is 6.52. The Morgan fingerprint density at radius 3 is 2.70 bits per heavy atom. The molecule has 0 unspecified atom stereocenters. The summed E-state index contributed by atoms with van der Waals surface area (Å²) in [5.41, 5.74) is 1.33. The lowest BCUT2D eigenvalue weighted by Gasteiger charge is -1.99. The first kappa shape index (κ1) is 15.9. The molecule has 0 saturated carbocycles. The molecule has 0 aliphatic carbocycles. The van der Waals surface area contributed by atoms with Gasteiger partial charge in [-0.1, -0.05) is 35.3 Å². The Bertz CT molecular complexity index is 850. The van der Waals surface area contributed by atoms with Crippen molar-refractivity contribution in [2.75, 3.05) is 0 Å². The fourth-order valence-electron chi connectivity index (χ4n) is 1.92. The number of aliphatic imine (C=N–C) groups is 1. The molecule has 1 aliphatic rings. The minimum atomic E-state index is -0.239. The Labute approximate surface area is 146 Å². The van der Waals surface area contributed by atoms with Crippen LogP contribution in [0.4, 0.5) is 5.69 Å². The normalized spacial score (nSPS) is 17.7. The molecule has 0 bridgehead atoms. The molecule has 23 heavy (non-hydrogen) atoms. The summed E-state index contributed by atoms with van der Waals surface area (Å²) in [6.45, 7) is 0. The number of phenols is 1. The monoisotopic (exact) mass is 364 g/mol. The first-order valence-corrected chi connectivity index (χ1v) is 8.12. The van der Waals surface area contributed by atoms with Crippen molar-refractivity contribution >= 4 is 57.8 Å². The number of carbonyl (C=O) groups is 1. The van der Waals surface area contributed by atoms with Gasteiger partial charge in [0.1, 0.15) is 5.75 Å². The van der Waals surface area contributed by atoms with Gasteiger partial charge >= 0.3 is 0 Å². The highest BCUT2D eigenvalue weighted by Crippen LogP contribution is 2.31. The third kappa shape index (κ3) is 3.88. The number of hydrogen-bond donors (Lipinski definition) is 2. The topological polar surface area (TPSA) is 61.7 Å². The van der Waals surface area contributed by atoms with Crippen LogP contribution in [0, 0.1) is 0 Å². The van der Waals surface area contributed by atoms with Gasteiger partial charge < -0.3 is 10.4 Å². The molecule has 2 aromatic carbocycles. The van der Waals surface area contributed by atoms with Crippen molar-refractivity contribution in [3.05, 3.63) is 63.0 Å². The van der Waals surface area contributed by atoms with Gasteiger partial charge in [-0.2, -0.15) is 0 Å². The fraction of sp³-hybridized carbons (Fsp3) is 0. The van der Waals surface area contributed by atoms with Crippen LogP contribution in [-0.4, -0.2) is 16.2 Å². The van der Waals surface area contributed by atoms with E-state index >= 15 is 0 Å². The van der Waals surface area contributed by atoms with Gasteiger partial charge in [0.2, 0.25) is 0 Å². The predicted octanol–water partition coefficient (Wildman–Crippen LogP) is 4.59. The van der Waals surface area contributed by atoms with Crippen molar-refractivity contribution in [3.63, 3.8) is 0 Å². The Hall–Kier alpha value is -1.95.